The van der Waals surface area contributed by atoms with Crippen LogP contribution in [0.2, 0.25) is 0 Å². The van der Waals surface area contributed by atoms with Crippen LogP contribution in [0.15, 0.2) is 18.3 Å². The van der Waals surface area contributed by atoms with Gasteiger partial charge in [-0.15, -0.1) is 0 Å². The Bertz CT molecular complexity index is 495. The first-order chi connectivity index (χ1) is 10.1. The van der Waals surface area contributed by atoms with E-state index in [4.69, 9.17) is 0 Å². The summed E-state index contributed by atoms with van der Waals surface area (Å²) >= 11 is 0. The molecule has 3 rings (SSSR count). The maximum atomic E-state index is 12.4. The van der Waals surface area contributed by atoms with E-state index in [1.54, 1.807) is 6.20 Å². The van der Waals surface area contributed by atoms with E-state index in [0.29, 0.717) is 11.6 Å². The van der Waals surface area contributed by atoms with E-state index in [-0.39, 0.29) is 12.0 Å². The highest BCUT2D eigenvalue weighted by molar-refractivity contribution is 5.94. The summed E-state index contributed by atoms with van der Waals surface area (Å²) in [5.74, 6) is 0.0640. The molecule has 2 atom stereocenters. The smallest absolute Gasteiger partial charge is 0.255 e. The molecule has 0 spiro atoms. The number of nitrogens with zero attached hydrogens (tertiary/aromatic N) is 3. The van der Waals surface area contributed by atoms with Gasteiger partial charge in [-0.1, -0.05) is 0 Å². The van der Waals surface area contributed by atoms with Gasteiger partial charge in [-0.3, -0.25) is 14.7 Å². The lowest BCUT2D eigenvalue weighted by Crippen LogP contribution is -2.53. The van der Waals surface area contributed by atoms with Crippen LogP contribution in [0.1, 0.15) is 35.3 Å². The maximum Gasteiger partial charge on any atom is 0.255 e. The minimum absolute atomic E-state index is 0.0640. The molecule has 21 heavy (non-hydrogen) atoms. The van der Waals surface area contributed by atoms with Gasteiger partial charge in [0.05, 0.1) is 11.7 Å². The van der Waals surface area contributed by atoms with E-state index in [0.717, 1.165) is 51.1 Å². The number of aliphatic hydroxyl groups excluding tert-OH is 1. The number of hydrogen-bond donors (Lipinski definition) is 1. The first-order valence-corrected chi connectivity index (χ1v) is 7.79. The summed E-state index contributed by atoms with van der Waals surface area (Å²) in [7, 11) is 0. The van der Waals surface area contributed by atoms with Gasteiger partial charge in [-0.05, 0) is 38.3 Å². The van der Waals surface area contributed by atoms with E-state index in [1.165, 1.54) is 0 Å². The zero-order chi connectivity index (χ0) is 14.8. The zero-order valence-corrected chi connectivity index (χ0v) is 12.5. The minimum atomic E-state index is -0.187. The highest BCUT2D eigenvalue weighted by atomic mass is 16.3. The predicted molar refractivity (Wildman–Crippen MR) is 80.1 cm³/mol. The van der Waals surface area contributed by atoms with Crippen molar-refractivity contribution in [3.63, 3.8) is 0 Å². The van der Waals surface area contributed by atoms with Crippen molar-refractivity contribution >= 4 is 5.91 Å². The lowest BCUT2D eigenvalue weighted by molar-refractivity contribution is 0.0315. The molecule has 5 heteroatoms. The van der Waals surface area contributed by atoms with Gasteiger partial charge in [0, 0.05) is 44.1 Å². The summed E-state index contributed by atoms with van der Waals surface area (Å²) in [4.78, 5) is 20.8. The van der Waals surface area contributed by atoms with Crippen molar-refractivity contribution < 1.29 is 9.90 Å². The number of aliphatic hydroxyl groups is 1. The lowest BCUT2D eigenvalue weighted by Gasteiger charge is -2.39. The number of aromatic nitrogens is 1. The lowest BCUT2D eigenvalue weighted by atomic mass is 10.1. The third-order valence-electron chi connectivity index (χ3n) is 4.67. The first-order valence-electron chi connectivity index (χ1n) is 7.79. The fourth-order valence-electron chi connectivity index (χ4n) is 3.38. The number of aryl methyl sites for hydroxylation is 1. The van der Waals surface area contributed by atoms with Crippen LogP contribution in [0.3, 0.4) is 0 Å². The average molecular weight is 289 g/mol. The van der Waals surface area contributed by atoms with Crippen LogP contribution in [-0.4, -0.2) is 64.1 Å². The molecule has 1 amide bonds. The molecule has 0 radical (unpaired) electrons. The molecule has 1 saturated carbocycles. The van der Waals surface area contributed by atoms with Crippen LogP contribution in [0.5, 0.6) is 0 Å². The SMILES string of the molecule is Cc1ccc(C(=O)N2CCN(C3CCCC3O)CC2)cn1. The highest BCUT2D eigenvalue weighted by Crippen LogP contribution is 2.25. The van der Waals surface area contributed by atoms with Crippen molar-refractivity contribution in [2.45, 2.75) is 38.3 Å². The Morgan fingerprint density at radius 1 is 1.24 bits per heavy atom. The quantitative estimate of drug-likeness (QED) is 0.884. The Balaban J connectivity index is 1.58. The Morgan fingerprint density at radius 3 is 2.57 bits per heavy atom. The van der Waals surface area contributed by atoms with Crippen molar-refractivity contribution in [3.05, 3.63) is 29.6 Å². The summed E-state index contributed by atoms with van der Waals surface area (Å²) in [6, 6.07) is 4.01. The van der Waals surface area contributed by atoms with E-state index in [2.05, 4.69) is 9.88 Å². The molecule has 2 heterocycles. The third-order valence-corrected chi connectivity index (χ3v) is 4.67. The predicted octanol–water partition coefficient (Wildman–Crippen LogP) is 1.06. The third kappa shape index (κ3) is 3.09. The molecule has 2 fully saturated rings. The largest absolute Gasteiger partial charge is 0.391 e. The molecule has 5 nitrogen and oxygen atoms in total. The fourth-order valence-corrected chi connectivity index (χ4v) is 3.38. The fraction of sp³-hybridized carbons (Fsp3) is 0.625. The molecule has 0 aromatic carbocycles. The first kappa shape index (κ1) is 14.5. The van der Waals surface area contributed by atoms with E-state index in [1.807, 2.05) is 24.0 Å². The summed E-state index contributed by atoms with van der Waals surface area (Å²) in [6.45, 7) is 5.09. The summed E-state index contributed by atoms with van der Waals surface area (Å²) in [6.07, 6.45) is 4.58. The Hall–Kier alpha value is -1.46. The highest BCUT2D eigenvalue weighted by Gasteiger charge is 2.33. The van der Waals surface area contributed by atoms with E-state index < -0.39 is 0 Å². The van der Waals surface area contributed by atoms with Crippen molar-refractivity contribution in [1.29, 1.82) is 0 Å². The van der Waals surface area contributed by atoms with Gasteiger partial charge in [0.2, 0.25) is 0 Å². The number of hydrogen-bond acceptors (Lipinski definition) is 4. The van der Waals surface area contributed by atoms with Crippen LogP contribution in [0.4, 0.5) is 0 Å². The average Bonchev–Trinajstić information content (AvgIpc) is 2.94. The van der Waals surface area contributed by atoms with Crippen LogP contribution >= 0.6 is 0 Å². The van der Waals surface area contributed by atoms with Crippen LogP contribution in [-0.2, 0) is 0 Å². The Labute approximate surface area is 125 Å². The van der Waals surface area contributed by atoms with E-state index >= 15 is 0 Å². The molecule has 1 aliphatic carbocycles. The van der Waals surface area contributed by atoms with Gasteiger partial charge in [0.1, 0.15) is 0 Å². The minimum Gasteiger partial charge on any atom is -0.391 e. The number of rotatable bonds is 2. The normalized spacial score (nSPS) is 27.0. The summed E-state index contributed by atoms with van der Waals surface area (Å²) < 4.78 is 0. The molecule has 2 unspecified atom stereocenters. The van der Waals surface area contributed by atoms with E-state index in [9.17, 15) is 9.90 Å². The second kappa shape index (κ2) is 6.12. The molecule has 1 aliphatic heterocycles. The number of carbonyl (C=O) groups is 1. The Morgan fingerprint density at radius 2 is 2.00 bits per heavy atom. The second-order valence-electron chi connectivity index (χ2n) is 6.08. The van der Waals surface area contributed by atoms with Crippen molar-refractivity contribution in [3.8, 4) is 0 Å². The van der Waals surface area contributed by atoms with Crippen LogP contribution in [0, 0.1) is 6.92 Å². The van der Waals surface area contributed by atoms with Crippen LogP contribution < -0.4 is 0 Å². The molecule has 0 bridgehead atoms. The standard InChI is InChI=1S/C16H23N3O2/c1-12-5-6-13(11-17-12)16(21)19-9-7-18(8-10-19)14-3-2-4-15(14)20/h5-6,11,14-15,20H,2-4,7-10H2,1H3. The van der Waals surface area contributed by atoms with Gasteiger partial charge < -0.3 is 10.0 Å². The summed E-state index contributed by atoms with van der Waals surface area (Å²) in [5, 5.41) is 9.99. The molecule has 1 aromatic rings. The zero-order valence-electron chi connectivity index (χ0n) is 12.5. The summed E-state index contributed by atoms with van der Waals surface area (Å²) in [5.41, 5.74) is 1.58. The van der Waals surface area contributed by atoms with Crippen molar-refractivity contribution in [2.24, 2.45) is 0 Å². The number of pyridine rings is 1. The molecule has 1 saturated heterocycles. The number of carbonyl (C=O) groups excluding carboxylic acids is 1. The number of piperazine rings is 1. The molecule has 2 aliphatic rings. The topological polar surface area (TPSA) is 56.7 Å². The van der Waals surface area contributed by atoms with Crippen LogP contribution in [0.25, 0.3) is 0 Å². The molecule has 114 valence electrons. The number of amides is 1. The molecular formula is C16H23N3O2. The van der Waals surface area contributed by atoms with Gasteiger partial charge in [-0.2, -0.15) is 0 Å². The second-order valence-corrected chi connectivity index (χ2v) is 6.08. The molecular weight excluding hydrogens is 266 g/mol. The molecule has 1 aromatic heterocycles. The van der Waals surface area contributed by atoms with Crippen molar-refractivity contribution in [1.82, 2.24) is 14.8 Å². The Kier molecular flexibility index (Phi) is 4.22. The monoisotopic (exact) mass is 289 g/mol. The van der Waals surface area contributed by atoms with Gasteiger partial charge in [-0.25, -0.2) is 0 Å². The van der Waals surface area contributed by atoms with Gasteiger partial charge in [0.25, 0.3) is 5.91 Å². The maximum absolute atomic E-state index is 12.4. The van der Waals surface area contributed by atoms with Gasteiger partial charge >= 0.3 is 0 Å². The molecule has 1 N–H and O–H groups in total. The van der Waals surface area contributed by atoms with Gasteiger partial charge in [0.15, 0.2) is 0 Å². The van der Waals surface area contributed by atoms with Crippen molar-refractivity contribution in [2.75, 3.05) is 26.2 Å².